The maximum Gasteiger partial charge on any atom is 0.251 e. The molecule has 1 amide bonds. The molecule has 3 rings (SSSR count). The van der Waals surface area contributed by atoms with Crippen molar-refractivity contribution in [1.29, 1.82) is 0 Å². The second-order valence-electron chi connectivity index (χ2n) is 6.73. The van der Waals surface area contributed by atoms with Crippen LogP contribution in [0.25, 0.3) is 0 Å². The molecule has 2 fully saturated rings. The van der Waals surface area contributed by atoms with Crippen LogP contribution in [-0.2, 0) is 10.0 Å². The molecule has 1 aliphatic heterocycles. The van der Waals surface area contributed by atoms with Crippen molar-refractivity contribution in [3.05, 3.63) is 29.8 Å². The summed E-state index contributed by atoms with van der Waals surface area (Å²) in [5, 5.41) is 6.19. The topological polar surface area (TPSA) is 87.3 Å². The molecule has 0 bridgehead atoms. The highest BCUT2D eigenvalue weighted by Crippen LogP contribution is 2.28. The highest BCUT2D eigenvalue weighted by atomic mass is 32.2. The fourth-order valence-corrected chi connectivity index (χ4v) is 4.05. The Hall–Kier alpha value is -1.44. The Labute approximate surface area is 143 Å². The molecule has 1 saturated carbocycles. The van der Waals surface area contributed by atoms with Crippen LogP contribution >= 0.6 is 0 Å². The average molecular weight is 351 g/mol. The third-order valence-corrected chi connectivity index (χ3v) is 6.09. The summed E-state index contributed by atoms with van der Waals surface area (Å²) in [7, 11) is -3.54. The quantitative estimate of drug-likeness (QED) is 0.655. The number of hydrogen-bond donors (Lipinski definition) is 3. The van der Waals surface area contributed by atoms with Crippen LogP contribution in [0.15, 0.2) is 29.2 Å². The van der Waals surface area contributed by atoms with E-state index in [1.807, 2.05) is 0 Å². The van der Waals surface area contributed by atoms with Gasteiger partial charge in [0.2, 0.25) is 10.0 Å². The highest BCUT2D eigenvalue weighted by Gasteiger charge is 2.24. The molecule has 1 unspecified atom stereocenters. The largest absolute Gasteiger partial charge is 0.352 e. The van der Waals surface area contributed by atoms with E-state index >= 15 is 0 Å². The SMILES string of the molecule is O=C(NCCC1CCNC1)c1cccc(S(=O)(=O)NCC2CC2)c1. The monoisotopic (exact) mass is 351 g/mol. The van der Waals surface area contributed by atoms with Crippen LogP contribution in [0.1, 0.15) is 36.0 Å². The van der Waals surface area contributed by atoms with Crippen molar-refractivity contribution in [2.24, 2.45) is 11.8 Å². The van der Waals surface area contributed by atoms with E-state index in [1.54, 1.807) is 12.1 Å². The van der Waals surface area contributed by atoms with E-state index in [0.717, 1.165) is 38.8 Å². The van der Waals surface area contributed by atoms with Gasteiger partial charge in [-0.1, -0.05) is 6.07 Å². The van der Waals surface area contributed by atoms with Gasteiger partial charge in [-0.15, -0.1) is 0 Å². The van der Waals surface area contributed by atoms with E-state index in [-0.39, 0.29) is 10.8 Å². The van der Waals surface area contributed by atoms with Gasteiger partial charge in [-0.05, 0) is 68.8 Å². The van der Waals surface area contributed by atoms with Crippen molar-refractivity contribution < 1.29 is 13.2 Å². The first kappa shape index (κ1) is 17.4. The molecular weight excluding hydrogens is 326 g/mol. The summed E-state index contributed by atoms with van der Waals surface area (Å²) >= 11 is 0. The van der Waals surface area contributed by atoms with E-state index in [2.05, 4.69) is 15.4 Å². The summed E-state index contributed by atoms with van der Waals surface area (Å²) in [5.74, 6) is 0.861. The van der Waals surface area contributed by atoms with Crippen molar-refractivity contribution in [3.63, 3.8) is 0 Å². The van der Waals surface area contributed by atoms with Crippen molar-refractivity contribution >= 4 is 15.9 Å². The van der Waals surface area contributed by atoms with Crippen molar-refractivity contribution in [2.75, 3.05) is 26.2 Å². The lowest BCUT2D eigenvalue weighted by Crippen LogP contribution is -2.28. The van der Waals surface area contributed by atoms with Gasteiger partial charge in [-0.25, -0.2) is 13.1 Å². The summed E-state index contributed by atoms with van der Waals surface area (Å²) in [6.45, 7) is 3.15. The van der Waals surface area contributed by atoms with Crippen LogP contribution in [0.3, 0.4) is 0 Å². The maximum absolute atomic E-state index is 12.3. The van der Waals surface area contributed by atoms with E-state index < -0.39 is 10.0 Å². The molecule has 0 aromatic heterocycles. The first-order valence-corrected chi connectivity index (χ1v) is 10.1. The third kappa shape index (κ3) is 4.78. The molecule has 1 aromatic rings. The van der Waals surface area contributed by atoms with Crippen molar-refractivity contribution in [1.82, 2.24) is 15.4 Å². The molecule has 6 nitrogen and oxygen atoms in total. The Bertz CT molecular complexity index is 680. The standard InChI is InChI=1S/C17H25N3O3S/c21-17(19-9-7-14-6-8-18-11-14)15-2-1-3-16(10-15)24(22,23)20-12-13-4-5-13/h1-3,10,13-14,18,20H,4-9,11-12H2,(H,19,21). The summed E-state index contributed by atoms with van der Waals surface area (Å²) < 4.78 is 27.2. The van der Waals surface area contributed by atoms with Gasteiger partial charge < -0.3 is 10.6 Å². The lowest BCUT2D eigenvalue weighted by molar-refractivity contribution is 0.0951. The van der Waals surface area contributed by atoms with Gasteiger partial charge in [-0.2, -0.15) is 0 Å². The zero-order valence-electron chi connectivity index (χ0n) is 13.8. The average Bonchev–Trinajstić information content (AvgIpc) is 3.28. The number of amides is 1. The Kier molecular flexibility index (Phi) is 5.53. The zero-order valence-corrected chi connectivity index (χ0v) is 14.6. The normalized spacial score (nSPS) is 20.9. The molecule has 1 heterocycles. The predicted molar refractivity (Wildman–Crippen MR) is 92.3 cm³/mol. The first-order chi connectivity index (χ1) is 11.5. The molecule has 1 saturated heterocycles. The molecule has 2 aliphatic rings. The van der Waals surface area contributed by atoms with Gasteiger partial charge in [-0.3, -0.25) is 4.79 Å². The molecule has 24 heavy (non-hydrogen) atoms. The zero-order chi connectivity index (χ0) is 17.0. The van der Waals surface area contributed by atoms with Crippen LogP contribution < -0.4 is 15.4 Å². The molecule has 1 aromatic carbocycles. The minimum atomic E-state index is -3.54. The molecule has 0 radical (unpaired) electrons. The number of nitrogens with one attached hydrogen (secondary N) is 3. The smallest absolute Gasteiger partial charge is 0.251 e. The van der Waals surface area contributed by atoms with E-state index in [1.165, 1.54) is 12.1 Å². The van der Waals surface area contributed by atoms with Crippen LogP contribution in [0.5, 0.6) is 0 Å². The number of sulfonamides is 1. The van der Waals surface area contributed by atoms with Gasteiger partial charge in [0, 0.05) is 18.7 Å². The molecule has 7 heteroatoms. The lowest BCUT2D eigenvalue weighted by Gasteiger charge is -2.10. The summed E-state index contributed by atoms with van der Waals surface area (Å²) in [6.07, 6.45) is 4.26. The Balaban J connectivity index is 1.55. The molecule has 132 valence electrons. The molecule has 3 N–H and O–H groups in total. The van der Waals surface area contributed by atoms with Gasteiger partial charge in [0.05, 0.1) is 4.90 Å². The second kappa shape index (κ2) is 7.63. The molecule has 1 atom stereocenters. The van der Waals surface area contributed by atoms with E-state index in [9.17, 15) is 13.2 Å². The first-order valence-electron chi connectivity index (χ1n) is 8.63. The number of carbonyl (C=O) groups is 1. The Morgan fingerprint density at radius 3 is 2.75 bits per heavy atom. The third-order valence-electron chi connectivity index (χ3n) is 4.67. The fourth-order valence-electron chi connectivity index (χ4n) is 2.89. The van der Waals surface area contributed by atoms with Crippen LogP contribution in [-0.4, -0.2) is 40.5 Å². The molecule has 0 spiro atoms. The molecule has 1 aliphatic carbocycles. The summed E-state index contributed by atoms with van der Waals surface area (Å²) in [5.41, 5.74) is 0.383. The Morgan fingerprint density at radius 2 is 2.04 bits per heavy atom. The number of benzene rings is 1. The van der Waals surface area contributed by atoms with Crippen molar-refractivity contribution in [2.45, 2.75) is 30.6 Å². The van der Waals surface area contributed by atoms with E-state index in [0.29, 0.717) is 30.5 Å². The predicted octanol–water partition coefficient (Wildman–Crippen LogP) is 1.10. The fraction of sp³-hybridized carbons (Fsp3) is 0.588. The highest BCUT2D eigenvalue weighted by molar-refractivity contribution is 7.89. The maximum atomic E-state index is 12.3. The van der Waals surface area contributed by atoms with Crippen molar-refractivity contribution in [3.8, 4) is 0 Å². The lowest BCUT2D eigenvalue weighted by atomic mass is 10.1. The second-order valence-corrected chi connectivity index (χ2v) is 8.49. The number of carbonyl (C=O) groups excluding carboxylic acids is 1. The van der Waals surface area contributed by atoms with Gasteiger partial charge in [0.15, 0.2) is 0 Å². The minimum absolute atomic E-state index is 0.149. The number of hydrogen-bond acceptors (Lipinski definition) is 4. The summed E-state index contributed by atoms with van der Waals surface area (Å²) in [4.78, 5) is 12.4. The minimum Gasteiger partial charge on any atom is -0.352 e. The van der Waals surface area contributed by atoms with Gasteiger partial charge in [0.25, 0.3) is 5.91 Å². The van der Waals surface area contributed by atoms with Crippen LogP contribution in [0.4, 0.5) is 0 Å². The van der Waals surface area contributed by atoms with Crippen LogP contribution in [0.2, 0.25) is 0 Å². The molecular formula is C17H25N3O3S. The van der Waals surface area contributed by atoms with E-state index in [4.69, 9.17) is 0 Å². The van der Waals surface area contributed by atoms with Gasteiger partial charge in [0.1, 0.15) is 0 Å². The van der Waals surface area contributed by atoms with Crippen LogP contribution in [0, 0.1) is 11.8 Å². The summed E-state index contributed by atoms with van der Waals surface area (Å²) in [6, 6.07) is 6.23. The Morgan fingerprint density at radius 1 is 1.21 bits per heavy atom. The van der Waals surface area contributed by atoms with Gasteiger partial charge >= 0.3 is 0 Å². The number of rotatable bonds is 8.